The number of guanidine groups is 1. The highest BCUT2D eigenvalue weighted by Crippen LogP contribution is 2.32. The average molecular weight is 548 g/mol. The molecule has 0 aromatic heterocycles. The van der Waals surface area contributed by atoms with Crippen LogP contribution in [0, 0.1) is 0 Å². The zero-order chi connectivity index (χ0) is 21.8. The Morgan fingerprint density at radius 1 is 1.16 bits per heavy atom. The first-order valence-electron chi connectivity index (χ1n) is 10.7. The molecule has 0 aliphatic carbocycles. The van der Waals surface area contributed by atoms with Gasteiger partial charge in [0.15, 0.2) is 17.5 Å². The van der Waals surface area contributed by atoms with Crippen LogP contribution >= 0.6 is 24.0 Å². The lowest BCUT2D eigenvalue weighted by Crippen LogP contribution is -2.42. The van der Waals surface area contributed by atoms with Crippen molar-refractivity contribution in [1.82, 2.24) is 10.6 Å². The number of hydrogen-bond acceptors (Lipinski definition) is 5. The molecular formula is C22H37IN4O4. The fourth-order valence-electron chi connectivity index (χ4n) is 2.72. The number of aliphatic imine (C=N–C) groups is 1. The van der Waals surface area contributed by atoms with Crippen molar-refractivity contribution in [2.24, 2.45) is 4.99 Å². The smallest absolute Gasteiger partial charge is 0.242 e. The van der Waals surface area contributed by atoms with E-state index in [2.05, 4.69) is 27.9 Å². The molecule has 9 heteroatoms. The summed E-state index contributed by atoms with van der Waals surface area (Å²) in [5.41, 5.74) is 0.503. The van der Waals surface area contributed by atoms with Crippen molar-refractivity contribution in [1.29, 1.82) is 0 Å². The van der Waals surface area contributed by atoms with Gasteiger partial charge in [-0.15, -0.1) is 24.0 Å². The first kappa shape index (κ1) is 27.3. The maximum absolute atomic E-state index is 12.2. The Balaban J connectivity index is 0.00000480. The summed E-state index contributed by atoms with van der Waals surface area (Å²) in [7, 11) is 0. The molecule has 1 aliphatic heterocycles. The van der Waals surface area contributed by atoms with Gasteiger partial charge in [0.05, 0.1) is 19.8 Å². The summed E-state index contributed by atoms with van der Waals surface area (Å²) in [6.07, 6.45) is 3.00. The lowest BCUT2D eigenvalue weighted by atomic mass is 10.1. The number of fused-ring (bicyclic) bond motifs is 1. The third kappa shape index (κ3) is 11.4. The van der Waals surface area contributed by atoms with Crippen molar-refractivity contribution in [3.63, 3.8) is 0 Å². The first-order chi connectivity index (χ1) is 14.4. The molecular weight excluding hydrogens is 511 g/mol. The molecule has 0 atom stereocenters. The molecule has 1 aromatic carbocycles. The van der Waals surface area contributed by atoms with Crippen LogP contribution in [0.15, 0.2) is 23.2 Å². The normalized spacial score (nSPS) is 13.6. The number of rotatable bonds is 9. The molecule has 0 spiro atoms. The molecule has 1 amide bonds. The highest BCUT2D eigenvalue weighted by molar-refractivity contribution is 14.0. The Morgan fingerprint density at radius 2 is 1.90 bits per heavy atom. The Kier molecular flexibility index (Phi) is 12.6. The van der Waals surface area contributed by atoms with Gasteiger partial charge in [-0.1, -0.05) is 13.3 Å². The van der Waals surface area contributed by atoms with Gasteiger partial charge in [-0.05, 0) is 39.3 Å². The van der Waals surface area contributed by atoms with Gasteiger partial charge in [-0.2, -0.15) is 0 Å². The van der Waals surface area contributed by atoms with E-state index in [4.69, 9.17) is 14.2 Å². The van der Waals surface area contributed by atoms with Crippen molar-refractivity contribution < 1.29 is 19.0 Å². The minimum Gasteiger partial charge on any atom is -0.490 e. The number of unbranched alkanes of at least 4 members (excludes halogenated alkanes) is 1. The van der Waals surface area contributed by atoms with Crippen molar-refractivity contribution in [2.75, 3.05) is 44.8 Å². The maximum atomic E-state index is 12.2. The molecule has 1 aromatic rings. The fourth-order valence-corrected chi connectivity index (χ4v) is 2.72. The van der Waals surface area contributed by atoms with Crippen LogP contribution in [0.25, 0.3) is 0 Å². The maximum Gasteiger partial charge on any atom is 0.242 e. The van der Waals surface area contributed by atoms with Crippen LogP contribution in [-0.2, 0) is 9.53 Å². The SMILES string of the molecule is CCCCOCCNC(=NCC(=O)NC(C)(C)C)Nc1ccc2c(c1)OCCCO2.I. The predicted molar refractivity (Wildman–Crippen MR) is 135 cm³/mol. The lowest BCUT2D eigenvalue weighted by Gasteiger charge is -2.20. The predicted octanol–water partition coefficient (Wildman–Crippen LogP) is 3.55. The second-order valence-electron chi connectivity index (χ2n) is 8.19. The van der Waals surface area contributed by atoms with E-state index in [1.807, 2.05) is 39.0 Å². The van der Waals surface area contributed by atoms with Crippen LogP contribution in [-0.4, -0.2) is 56.9 Å². The Bertz CT molecular complexity index is 707. The van der Waals surface area contributed by atoms with Crippen LogP contribution in [0.4, 0.5) is 5.69 Å². The zero-order valence-corrected chi connectivity index (χ0v) is 21.4. The topological polar surface area (TPSA) is 93.2 Å². The Labute approximate surface area is 202 Å². The summed E-state index contributed by atoms with van der Waals surface area (Å²) in [6.45, 7) is 11.1. The van der Waals surface area contributed by atoms with Crippen molar-refractivity contribution in [3.05, 3.63) is 18.2 Å². The summed E-state index contributed by atoms with van der Waals surface area (Å²) in [5.74, 6) is 1.80. The van der Waals surface area contributed by atoms with E-state index in [1.54, 1.807) is 0 Å². The number of benzene rings is 1. The molecule has 0 radical (unpaired) electrons. The molecule has 2 rings (SSSR count). The summed E-state index contributed by atoms with van der Waals surface area (Å²) in [6, 6.07) is 5.66. The van der Waals surface area contributed by atoms with Crippen molar-refractivity contribution >= 4 is 41.5 Å². The minimum absolute atomic E-state index is 0. The van der Waals surface area contributed by atoms with Gasteiger partial charge in [0.1, 0.15) is 6.54 Å². The third-order valence-electron chi connectivity index (χ3n) is 4.09. The monoisotopic (exact) mass is 548 g/mol. The summed E-state index contributed by atoms with van der Waals surface area (Å²) < 4.78 is 17.0. The average Bonchev–Trinajstić information content (AvgIpc) is 2.92. The van der Waals surface area contributed by atoms with E-state index < -0.39 is 0 Å². The minimum atomic E-state index is -0.297. The summed E-state index contributed by atoms with van der Waals surface area (Å²) in [5, 5.41) is 9.37. The molecule has 0 saturated heterocycles. The number of carbonyl (C=O) groups excluding carboxylic acids is 1. The number of anilines is 1. The van der Waals surface area contributed by atoms with E-state index in [-0.39, 0.29) is 42.0 Å². The van der Waals surface area contributed by atoms with E-state index in [1.165, 1.54) is 0 Å². The number of carbonyl (C=O) groups is 1. The van der Waals surface area contributed by atoms with Crippen LogP contribution in [0.2, 0.25) is 0 Å². The second-order valence-corrected chi connectivity index (χ2v) is 8.19. The summed E-state index contributed by atoms with van der Waals surface area (Å²) in [4.78, 5) is 16.6. The number of ether oxygens (including phenoxy) is 3. The van der Waals surface area contributed by atoms with E-state index >= 15 is 0 Å². The summed E-state index contributed by atoms with van der Waals surface area (Å²) >= 11 is 0. The molecule has 0 saturated carbocycles. The van der Waals surface area contributed by atoms with Gasteiger partial charge in [0.25, 0.3) is 0 Å². The third-order valence-corrected chi connectivity index (χ3v) is 4.09. The molecule has 0 bridgehead atoms. The highest BCUT2D eigenvalue weighted by Gasteiger charge is 2.14. The second kappa shape index (κ2) is 14.3. The highest BCUT2D eigenvalue weighted by atomic mass is 127. The number of nitrogens with zero attached hydrogens (tertiary/aromatic N) is 1. The van der Waals surface area contributed by atoms with Gasteiger partial charge < -0.3 is 30.2 Å². The van der Waals surface area contributed by atoms with Gasteiger partial charge in [0, 0.05) is 36.9 Å². The van der Waals surface area contributed by atoms with Crippen LogP contribution in [0.3, 0.4) is 0 Å². The van der Waals surface area contributed by atoms with E-state index in [0.717, 1.165) is 37.3 Å². The molecule has 8 nitrogen and oxygen atoms in total. The molecule has 0 unspecified atom stereocenters. The van der Waals surface area contributed by atoms with Crippen LogP contribution in [0.1, 0.15) is 47.0 Å². The van der Waals surface area contributed by atoms with Crippen LogP contribution < -0.4 is 25.4 Å². The number of halogens is 1. The molecule has 3 N–H and O–H groups in total. The van der Waals surface area contributed by atoms with Gasteiger partial charge in [0.2, 0.25) is 5.91 Å². The zero-order valence-electron chi connectivity index (χ0n) is 19.1. The molecule has 176 valence electrons. The fraction of sp³-hybridized carbons (Fsp3) is 0.636. The number of nitrogens with one attached hydrogen (secondary N) is 3. The van der Waals surface area contributed by atoms with Crippen molar-refractivity contribution in [3.8, 4) is 11.5 Å². The standard InChI is InChI=1S/C22H36N4O4.HI/c1-5-6-11-28-14-10-23-21(24-16-20(27)26-22(2,3)4)25-17-8-9-18-19(15-17)30-13-7-12-29-18;/h8-9,15H,5-7,10-14,16H2,1-4H3,(H,26,27)(H2,23,24,25);1H. The van der Waals surface area contributed by atoms with E-state index in [0.29, 0.717) is 38.1 Å². The van der Waals surface area contributed by atoms with Gasteiger partial charge in [-0.25, -0.2) is 4.99 Å². The number of hydrogen-bond donors (Lipinski definition) is 3. The lowest BCUT2D eigenvalue weighted by molar-refractivity contribution is -0.121. The van der Waals surface area contributed by atoms with Gasteiger partial charge >= 0.3 is 0 Å². The largest absolute Gasteiger partial charge is 0.490 e. The number of amides is 1. The molecule has 1 aliphatic rings. The van der Waals surface area contributed by atoms with Gasteiger partial charge in [-0.3, -0.25) is 4.79 Å². The molecule has 31 heavy (non-hydrogen) atoms. The molecule has 0 fully saturated rings. The Morgan fingerprint density at radius 3 is 2.61 bits per heavy atom. The Hall–Kier alpha value is -1.75. The quantitative estimate of drug-likeness (QED) is 0.189. The molecule has 1 heterocycles. The van der Waals surface area contributed by atoms with Crippen molar-refractivity contribution in [2.45, 2.75) is 52.5 Å². The first-order valence-corrected chi connectivity index (χ1v) is 10.7. The van der Waals surface area contributed by atoms with Crippen LogP contribution in [0.5, 0.6) is 11.5 Å². The van der Waals surface area contributed by atoms with E-state index in [9.17, 15) is 4.79 Å².